The predicted octanol–water partition coefficient (Wildman–Crippen LogP) is 1.13. The summed E-state index contributed by atoms with van der Waals surface area (Å²) in [5, 5.41) is 11.6. The van der Waals surface area contributed by atoms with Crippen molar-refractivity contribution in [1.82, 2.24) is 9.78 Å². The first kappa shape index (κ1) is 9.77. The summed E-state index contributed by atoms with van der Waals surface area (Å²) in [5.74, 6) is 0.645. The van der Waals surface area contributed by atoms with E-state index >= 15 is 0 Å². The molecule has 1 aromatic heterocycles. The van der Waals surface area contributed by atoms with E-state index in [1.54, 1.807) is 0 Å². The number of nitrogens with zero attached hydrogens (tertiary/aromatic N) is 2. The smallest absolute Gasteiger partial charge is 0.126 e. The van der Waals surface area contributed by atoms with Crippen LogP contribution in [0.3, 0.4) is 0 Å². The molecule has 0 aromatic carbocycles. The maximum absolute atomic E-state index is 7.30. The van der Waals surface area contributed by atoms with Crippen molar-refractivity contribution in [3.05, 3.63) is 17.5 Å². The summed E-state index contributed by atoms with van der Waals surface area (Å²) >= 11 is 0. The summed E-state index contributed by atoms with van der Waals surface area (Å²) in [5.41, 5.74) is 6.95. The molecule has 3 N–H and O–H groups in total. The molecule has 0 saturated carbocycles. The molecule has 1 rings (SSSR count). The van der Waals surface area contributed by atoms with Crippen LogP contribution in [0.4, 0.5) is 0 Å². The number of nitrogens with one attached hydrogen (secondary N) is 1. The number of aromatic nitrogens is 2. The predicted molar refractivity (Wildman–Crippen MR) is 52.8 cm³/mol. The molecule has 0 unspecified atom stereocenters. The van der Waals surface area contributed by atoms with Crippen molar-refractivity contribution in [3.8, 4) is 0 Å². The van der Waals surface area contributed by atoms with Crippen molar-refractivity contribution in [2.24, 2.45) is 11.7 Å². The molecule has 0 fully saturated rings. The maximum atomic E-state index is 7.30. The molecular formula is C9H16N4. The van der Waals surface area contributed by atoms with Crippen molar-refractivity contribution in [2.75, 3.05) is 0 Å². The van der Waals surface area contributed by atoms with Gasteiger partial charge in [0, 0.05) is 12.7 Å². The second-order valence-electron chi connectivity index (χ2n) is 3.66. The lowest BCUT2D eigenvalue weighted by Crippen LogP contribution is -2.11. The van der Waals surface area contributed by atoms with Crippen LogP contribution >= 0.6 is 0 Å². The lowest BCUT2D eigenvalue weighted by atomic mass is 10.2. The van der Waals surface area contributed by atoms with E-state index in [0.29, 0.717) is 5.92 Å². The minimum Gasteiger partial charge on any atom is -0.384 e. The number of hydrogen-bond donors (Lipinski definition) is 2. The Balaban J connectivity index is 2.89. The van der Waals surface area contributed by atoms with Crippen LogP contribution in [0.15, 0.2) is 6.20 Å². The zero-order valence-electron chi connectivity index (χ0n) is 8.33. The lowest BCUT2D eigenvalue weighted by Gasteiger charge is -2.03. The molecule has 0 aliphatic heterocycles. The molecule has 72 valence electrons. The summed E-state index contributed by atoms with van der Waals surface area (Å²) < 4.78 is 1.84. The van der Waals surface area contributed by atoms with Gasteiger partial charge in [-0.3, -0.25) is 10.1 Å². The van der Waals surface area contributed by atoms with Gasteiger partial charge in [-0.05, 0) is 12.8 Å². The monoisotopic (exact) mass is 180 g/mol. The highest BCUT2D eigenvalue weighted by Crippen LogP contribution is 2.06. The molecule has 0 atom stereocenters. The Labute approximate surface area is 78.3 Å². The van der Waals surface area contributed by atoms with Crippen molar-refractivity contribution in [2.45, 2.75) is 27.3 Å². The number of aryl methyl sites for hydroxylation is 1. The Morgan fingerprint density at radius 2 is 2.31 bits per heavy atom. The minimum absolute atomic E-state index is 0.0903. The van der Waals surface area contributed by atoms with Gasteiger partial charge in [0.2, 0.25) is 0 Å². The first-order valence-electron chi connectivity index (χ1n) is 4.39. The average Bonchev–Trinajstić information content (AvgIpc) is 2.29. The Morgan fingerprint density at radius 3 is 2.69 bits per heavy atom. The van der Waals surface area contributed by atoms with Crippen LogP contribution in [0.2, 0.25) is 0 Å². The topological polar surface area (TPSA) is 67.7 Å². The quantitative estimate of drug-likeness (QED) is 0.541. The minimum atomic E-state index is 0.0903. The highest BCUT2D eigenvalue weighted by molar-refractivity contribution is 5.95. The van der Waals surface area contributed by atoms with E-state index in [4.69, 9.17) is 11.1 Å². The second kappa shape index (κ2) is 3.60. The van der Waals surface area contributed by atoms with Crippen molar-refractivity contribution >= 4 is 5.84 Å². The Hall–Kier alpha value is -1.32. The SMILES string of the molecule is Cc1nn(CC(C)C)cc1C(=N)N. The first-order chi connectivity index (χ1) is 6.00. The normalized spacial score (nSPS) is 10.8. The van der Waals surface area contributed by atoms with Gasteiger partial charge in [0.1, 0.15) is 5.84 Å². The fraction of sp³-hybridized carbons (Fsp3) is 0.556. The van der Waals surface area contributed by atoms with Gasteiger partial charge in [-0.2, -0.15) is 5.10 Å². The standard InChI is InChI=1S/C9H16N4/c1-6(2)4-13-5-8(9(10)11)7(3)12-13/h5-6H,4H2,1-3H3,(H3,10,11). The Kier molecular flexibility index (Phi) is 2.70. The van der Waals surface area contributed by atoms with Crippen LogP contribution in [0.1, 0.15) is 25.1 Å². The van der Waals surface area contributed by atoms with E-state index in [-0.39, 0.29) is 5.84 Å². The molecule has 13 heavy (non-hydrogen) atoms. The molecule has 0 aliphatic carbocycles. The van der Waals surface area contributed by atoms with E-state index in [1.807, 2.05) is 17.8 Å². The largest absolute Gasteiger partial charge is 0.384 e. The number of amidine groups is 1. The molecule has 1 aromatic rings. The number of nitrogen functional groups attached to an aromatic ring is 1. The summed E-state index contributed by atoms with van der Waals surface area (Å²) in [6, 6.07) is 0. The lowest BCUT2D eigenvalue weighted by molar-refractivity contribution is 0.481. The summed E-state index contributed by atoms with van der Waals surface area (Å²) in [7, 11) is 0. The van der Waals surface area contributed by atoms with Gasteiger partial charge in [0.05, 0.1) is 11.3 Å². The van der Waals surface area contributed by atoms with E-state index < -0.39 is 0 Å². The van der Waals surface area contributed by atoms with Crippen LogP contribution < -0.4 is 5.73 Å². The molecule has 4 nitrogen and oxygen atoms in total. The molecule has 0 bridgehead atoms. The number of rotatable bonds is 3. The van der Waals surface area contributed by atoms with E-state index in [2.05, 4.69) is 18.9 Å². The second-order valence-corrected chi connectivity index (χ2v) is 3.66. The van der Waals surface area contributed by atoms with Crippen molar-refractivity contribution in [1.29, 1.82) is 5.41 Å². The highest BCUT2D eigenvalue weighted by Gasteiger charge is 2.07. The van der Waals surface area contributed by atoms with Gasteiger partial charge in [-0.25, -0.2) is 0 Å². The van der Waals surface area contributed by atoms with Crippen molar-refractivity contribution in [3.63, 3.8) is 0 Å². The molecule has 0 amide bonds. The summed E-state index contributed by atoms with van der Waals surface area (Å²) in [6.07, 6.45) is 1.83. The first-order valence-corrected chi connectivity index (χ1v) is 4.39. The molecule has 4 heteroatoms. The third-order valence-electron chi connectivity index (χ3n) is 1.79. The zero-order chi connectivity index (χ0) is 10.0. The van der Waals surface area contributed by atoms with Gasteiger partial charge in [-0.1, -0.05) is 13.8 Å². The Morgan fingerprint density at radius 1 is 1.69 bits per heavy atom. The summed E-state index contributed by atoms with van der Waals surface area (Å²) in [4.78, 5) is 0. The van der Waals surface area contributed by atoms with E-state index in [1.165, 1.54) is 0 Å². The van der Waals surface area contributed by atoms with Gasteiger partial charge in [0.25, 0.3) is 0 Å². The van der Waals surface area contributed by atoms with Gasteiger partial charge in [0.15, 0.2) is 0 Å². The van der Waals surface area contributed by atoms with Crippen LogP contribution in [0, 0.1) is 18.3 Å². The molecular weight excluding hydrogens is 164 g/mol. The van der Waals surface area contributed by atoms with Crippen LogP contribution in [-0.4, -0.2) is 15.6 Å². The number of hydrogen-bond acceptors (Lipinski definition) is 2. The van der Waals surface area contributed by atoms with Crippen LogP contribution in [-0.2, 0) is 6.54 Å². The fourth-order valence-electron chi connectivity index (χ4n) is 1.25. The molecule has 0 saturated heterocycles. The number of nitrogens with two attached hydrogens (primary N) is 1. The zero-order valence-corrected chi connectivity index (χ0v) is 8.33. The van der Waals surface area contributed by atoms with Gasteiger partial charge < -0.3 is 5.73 Å². The maximum Gasteiger partial charge on any atom is 0.126 e. The van der Waals surface area contributed by atoms with E-state index in [0.717, 1.165) is 17.8 Å². The van der Waals surface area contributed by atoms with Gasteiger partial charge >= 0.3 is 0 Å². The van der Waals surface area contributed by atoms with Gasteiger partial charge in [-0.15, -0.1) is 0 Å². The average molecular weight is 180 g/mol. The molecule has 0 spiro atoms. The molecule has 0 radical (unpaired) electrons. The summed E-state index contributed by atoms with van der Waals surface area (Å²) in [6.45, 7) is 7.00. The molecule has 1 heterocycles. The highest BCUT2D eigenvalue weighted by atomic mass is 15.3. The van der Waals surface area contributed by atoms with Crippen molar-refractivity contribution < 1.29 is 0 Å². The van der Waals surface area contributed by atoms with E-state index in [9.17, 15) is 0 Å². The fourth-order valence-corrected chi connectivity index (χ4v) is 1.25. The van der Waals surface area contributed by atoms with Crippen LogP contribution in [0.25, 0.3) is 0 Å². The third kappa shape index (κ3) is 2.31. The third-order valence-corrected chi connectivity index (χ3v) is 1.79. The molecule has 0 aliphatic rings. The Bertz CT molecular complexity index is 311. The van der Waals surface area contributed by atoms with Crippen LogP contribution in [0.5, 0.6) is 0 Å².